The Morgan fingerprint density at radius 1 is 1.07 bits per heavy atom. The van der Waals surface area contributed by atoms with Crippen LogP contribution in [-0.4, -0.2) is 56.8 Å². The minimum absolute atomic E-state index is 0.0775. The Hall–Kier alpha value is -1.93. The molecular weight excluding hydrogens is 410 g/mol. The number of para-hydroxylation sites is 1. The number of hydrogen-bond donors (Lipinski definition) is 1. The van der Waals surface area contributed by atoms with Crippen molar-refractivity contribution in [3.63, 3.8) is 0 Å². The molecule has 29 heavy (non-hydrogen) atoms. The number of halogens is 1. The molecule has 8 heteroatoms. The molecule has 0 atom stereocenters. The van der Waals surface area contributed by atoms with Crippen LogP contribution in [0.4, 0.5) is 5.69 Å². The van der Waals surface area contributed by atoms with Crippen LogP contribution in [0.15, 0.2) is 47.4 Å². The van der Waals surface area contributed by atoms with Gasteiger partial charge in [-0.2, -0.15) is 4.31 Å². The lowest BCUT2D eigenvalue weighted by Gasteiger charge is -2.31. The first-order valence-corrected chi connectivity index (χ1v) is 11.4. The van der Waals surface area contributed by atoms with Crippen LogP contribution in [-0.2, 0) is 10.0 Å². The van der Waals surface area contributed by atoms with Crippen molar-refractivity contribution in [1.29, 1.82) is 0 Å². The molecule has 3 rings (SSSR count). The largest absolute Gasteiger partial charge is 0.322 e. The van der Waals surface area contributed by atoms with E-state index in [1.165, 1.54) is 22.5 Å². The Morgan fingerprint density at radius 3 is 2.38 bits per heavy atom. The number of likely N-dealkylation sites (N-methyl/N-ethyl adjacent to an activating group) is 1. The number of hydrogen-bond acceptors (Lipinski definition) is 4. The maximum absolute atomic E-state index is 13.0. The van der Waals surface area contributed by atoms with Gasteiger partial charge in [-0.05, 0) is 42.8 Å². The molecule has 1 saturated heterocycles. The van der Waals surface area contributed by atoms with Gasteiger partial charge in [0.1, 0.15) is 0 Å². The maximum atomic E-state index is 13.0. The Kier molecular flexibility index (Phi) is 6.63. The van der Waals surface area contributed by atoms with E-state index in [1.807, 2.05) is 45.2 Å². The molecule has 2 aromatic carbocycles. The summed E-state index contributed by atoms with van der Waals surface area (Å²) in [6, 6.07) is 11.8. The first kappa shape index (κ1) is 21.8. The minimum atomic E-state index is -3.68. The van der Waals surface area contributed by atoms with Crippen LogP contribution in [0.3, 0.4) is 0 Å². The fraction of sp³-hybridized carbons (Fsp3) is 0.381. The van der Waals surface area contributed by atoms with Crippen molar-refractivity contribution in [3.8, 4) is 0 Å². The standard InChI is InChI=1S/C21H26ClN3O3S/c1-15(2)17-6-4-5-7-20(17)23-21(26)18-14-16(8-9-19(18)22)29(27,28)25-12-10-24(3)11-13-25/h4-9,14-15H,10-13H2,1-3H3,(H,23,26). The van der Waals surface area contributed by atoms with Gasteiger partial charge in [-0.25, -0.2) is 8.42 Å². The Bertz CT molecular complexity index is 1000. The molecule has 0 aromatic heterocycles. The summed E-state index contributed by atoms with van der Waals surface area (Å²) >= 11 is 6.24. The fourth-order valence-corrected chi connectivity index (χ4v) is 4.97. The summed E-state index contributed by atoms with van der Waals surface area (Å²) in [7, 11) is -1.72. The number of amides is 1. The zero-order valence-corrected chi connectivity index (χ0v) is 18.4. The van der Waals surface area contributed by atoms with E-state index in [4.69, 9.17) is 11.6 Å². The third kappa shape index (κ3) is 4.80. The topological polar surface area (TPSA) is 69.7 Å². The van der Waals surface area contributed by atoms with Gasteiger partial charge in [0.2, 0.25) is 10.0 Å². The summed E-state index contributed by atoms with van der Waals surface area (Å²) < 4.78 is 27.5. The molecule has 0 spiro atoms. The smallest absolute Gasteiger partial charge is 0.257 e. The zero-order chi connectivity index (χ0) is 21.2. The van der Waals surface area contributed by atoms with Crippen LogP contribution < -0.4 is 5.32 Å². The molecule has 156 valence electrons. The third-order valence-electron chi connectivity index (χ3n) is 5.11. The molecule has 1 heterocycles. The molecule has 0 aliphatic carbocycles. The number of carbonyl (C=O) groups excluding carboxylic acids is 1. The highest BCUT2D eigenvalue weighted by Gasteiger charge is 2.28. The van der Waals surface area contributed by atoms with Crippen molar-refractivity contribution < 1.29 is 13.2 Å². The molecular formula is C21H26ClN3O3S. The highest BCUT2D eigenvalue weighted by atomic mass is 35.5. The van der Waals surface area contributed by atoms with E-state index in [2.05, 4.69) is 10.2 Å². The summed E-state index contributed by atoms with van der Waals surface area (Å²) in [5.41, 5.74) is 1.83. The molecule has 6 nitrogen and oxygen atoms in total. The van der Waals surface area contributed by atoms with Crippen LogP contribution in [0.25, 0.3) is 0 Å². The van der Waals surface area contributed by atoms with Crippen molar-refractivity contribution in [2.24, 2.45) is 0 Å². The second-order valence-corrected chi connectivity index (χ2v) is 9.89. The summed E-state index contributed by atoms with van der Waals surface area (Å²) in [5, 5.41) is 3.08. The summed E-state index contributed by atoms with van der Waals surface area (Å²) in [5.74, 6) is -0.204. The van der Waals surface area contributed by atoms with Crippen molar-refractivity contribution >= 4 is 33.2 Å². The predicted octanol–water partition coefficient (Wildman–Crippen LogP) is 3.65. The molecule has 1 amide bonds. The van der Waals surface area contributed by atoms with Gasteiger partial charge in [0.15, 0.2) is 0 Å². The van der Waals surface area contributed by atoms with Crippen molar-refractivity contribution in [2.75, 3.05) is 38.5 Å². The summed E-state index contributed by atoms with van der Waals surface area (Å²) in [4.78, 5) is 15.1. The molecule has 0 radical (unpaired) electrons. The number of sulfonamides is 1. The summed E-state index contributed by atoms with van der Waals surface area (Å²) in [6.07, 6.45) is 0. The number of rotatable bonds is 5. The first-order valence-electron chi connectivity index (χ1n) is 9.58. The Balaban J connectivity index is 1.89. The lowest BCUT2D eigenvalue weighted by molar-refractivity contribution is 0.102. The van der Waals surface area contributed by atoms with Crippen molar-refractivity contribution in [1.82, 2.24) is 9.21 Å². The van der Waals surface area contributed by atoms with Gasteiger partial charge in [0, 0.05) is 31.9 Å². The van der Waals surface area contributed by atoms with Crippen LogP contribution >= 0.6 is 11.6 Å². The average Bonchev–Trinajstić information content (AvgIpc) is 2.68. The average molecular weight is 436 g/mol. The van der Waals surface area contributed by atoms with Crippen LogP contribution in [0, 0.1) is 0 Å². The molecule has 1 aliphatic rings. The lowest BCUT2D eigenvalue weighted by atomic mass is 10.0. The van der Waals surface area contributed by atoms with E-state index in [-0.39, 0.29) is 21.4 Å². The SMILES string of the molecule is CC(C)c1ccccc1NC(=O)c1cc(S(=O)(=O)N2CCN(C)CC2)ccc1Cl. The quantitative estimate of drug-likeness (QED) is 0.778. The van der Waals surface area contributed by atoms with Gasteiger partial charge >= 0.3 is 0 Å². The maximum Gasteiger partial charge on any atom is 0.257 e. The normalized spacial score (nSPS) is 16.2. The molecule has 0 unspecified atom stereocenters. The molecule has 0 bridgehead atoms. The van der Waals surface area contributed by atoms with Crippen LogP contribution in [0.5, 0.6) is 0 Å². The van der Waals surface area contributed by atoms with Gasteiger partial charge in [0.25, 0.3) is 5.91 Å². The third-order valence-corrected chi connectivity index (χ3v) is 7.34. The monoisotopic (exact) mass is 435 g/mol. The molecule has 1 fully saturated rings. The molecule has 1 aliphatic heterocycles. The van der Waals surface area contributed by atoms with E-state index in [1.54, 1.807) is 0 Å². The van der Waals surface area contributed by atoms with Crippen LogP contribution in [0.1, 0.15) is 35.7 Å². The van der Waals surface area contributed by atoms with Gasteiger partial charge in [-0.1, -0.05) is 43.6 Å². The molecule has 0 saturated carbocycles. The van der Waals surface area contributed by atoms with E-state index in [0.29, 0.717) is 31.9 Å². The highest BCUT2D eigenvalue weighted by molar-refractivity contribution is 7.89. The number of nitrogens with one attached hydrogen (secondary N) is 1. The molecule has 2 aromatic rings. The zero-order valence-electron chi connectivity index (χ0n) is 16.9. The van der Waals surface area contributed by atoms with Crippen molar-refractivity contribution in [2.45, 2.75) is 24.7 Å². The highest BCUT2D eigenvalue weighted by Crippen LogP contribution is 2.27. The van der Waals surface area contributed by atoms with E-state index >= 15 is 0 Å². The van der Waals surface area contributed by atoms with Crippen molar-refractivity contribution in [3.05, 3.63) is 58.6 Å². The lowest BCUT2D eigenvalue weighted by Crippen LogP contribution is -2.47. The van der Waals surface area contributed by atoms with Gasteiger partial charge in [-0.3, -0.25) is 4.79 Å². The second kappa shape index (κ2) is 8.83. The number of carbonyl (C=O) groups is 1. The number of piperazine rings is 1. The summed E-state index contributed by atoms with van der Waals surface area (Å²) in [6.45, 7) is 6.27. The molecule has 1 N–H and O–H groups in total. The fourth-order valence-electron chi connectivity index (χ4n) is 3.32. The number of benzene rings is 2. The van der Waals surface area contributed by atoms with Gasteiger partial charge < -0.3 is 10.2 Å². The number of nitrogens with zero attached hydrogens (tertiary/aromatic N) is 2. The predicted molar refractivity (Wildman–Crippen MR) is 116 cm³/mol. The van der Waals surface area contributed by atoms with E-state index in [0.717, 1.165) is 5.56 Å². The Morgan fingerprint density at radius 2 is 1.72 bits per heavy atom. The second-order valence-electron chi connectivity index (χ2n) is 7.55. The van der Waals surface area contributed by atoms with E-state index < -0.39 is 15.9 Å². The van der Waals surface area contributed by atoms with E-state index in [9.17, 15) is 13.2 Å². The van der Waals surface area contributed by atoms with Gasteiger partial charge in [-0.15, -0.1) is 0 Å². The first-order chi connectivity index (χ1) is 13.7. The minimum Gasteiger partial charge on any atom is -0.322 e. The number of anilines is 1. The van der Waals surface area contributed by atoms with Crippen LogP contribution in [0.2, 0.25) is 5.02 Å². The Labute approximate surface area is 177 Å². The van der Waals surface area contributed by atoms with Gasteiger partial charge in [0.05, 0.1) is 15.5 Å².